The smallest absolute Gasteiger partial charge is 0.291 e. The van der Waals surface area contributed by atoms with Crippen molar-refractivity contribution in [2.45, 2.75) is 38.3 Å². The molecule has 0 saturated heterocycles. The molecule has 1 atom stereocenters. The van der Waals surface area contributed by atoms with Crippen molar-refractivity contribution in [3.05, 3.63) is 65.9 Å². The van der Waals surface area contributed by atoms with Crippen molar-refractivity contribution in [2.75, 3.05) is 18.9 Å². The van der Waals surface area contributed by atoms with E-state index in [0.29, 0.717) is 36.3 Å². The normalized spacial score (nSPS) is 14.6. The molecule has 1 fully saturated rings. The van der Waals surface area contributed by atoms with Crippen LogP contribution in [0.1, 0.15) is 35.9 Å². The zero-order valence-electron chi connectivity index (χ0n) is 17.4. The number of likely N-dealkylation sites (N-methyl/N-ethyl adjacent to an activating group) is 1. The minimum absolute atomic E-state index is 0.00473. The van der Waals surface area contributed by atoms with Crippen LogP contribution in [0.5, 0.6) is 0 Å². The molecule has 2 aromatic carbocycles. The Morgan fingerprint density at radius 2 is 1.87 bits per heavy atom. The minimum Gasteiger partial charge on any atom is -0.451 e. The Morgan fingerprint density at radius 1 is 1.13 bits per heavy atom. The molecular formula is C24H27N3O3. The summed E-state index contributed by atoms with van der Waals surface area (Å²) in [6, 6.07) is 17.5. The van der Waals surface area contributed by atoms with Crippen molar-refractivity contribution in [3.8, 4) is 0 Å². The summed E-state index contributed by atoms with van der Waals surface area (Å²) in [5.74, 6) is -0.0273. The third-order valence-corrected chi connectivity index (χ3v) is 5.64. The molecule has 3 aromatic rings. The largest absolute Gasteiger partial charge is 0.451 e. The highest BCUT2D eigenvalue weighted by Crippen LogP contribution is 2.26. The van der Waals surface area contributed by atoms with Gasteiger partial charge in [-0.2, -0.15) is 0 Å². The van der Waals surface area contributed by atoms with Gasteiger partial charge in [0.15, 0.2) is 5.76 Å². The molecule has 30 heavy (non-hydrogen) atoms. The van der Waals surface area contributed by atoms with Crippen LogP contribution in [0, 0.1) is 0 Å². The first-order chi connectivity index (χ1) is 14.5. The Morgan fingerprint density at radius 3 is 2.57 bits per heavy atom. The Hall–Kier alpha value is -3.12. The molecule has 6 nitrogen and oxygen atoms in total. The fourth-order valence-electron chi connectivity index (χ4n) is 3.49. The summed E-state index contributed by atoms with van der Waals surface area (Å²) < 4.78 is 5.59. The third-order valence-electron chi connectivity index (χ3n) is 5.64. The number of anilines is 1. The van der Waals surface area contributed by atoms with Gasteiger partial charge in [-0.05, 0) is 56.6 Å². The molecule has 0 spiro atoms. The lowest BCUT2D eigenvalue weighted by molar-refractivity contribution is -0.120. The first-order valence-corrected chi connectivity index (χ1v) is 10.4. The van der Waals surface area contributed by atoms with E-state index >= 15 is 0 Å². The number of hydrogen-bond donors (Lipinski definition) is 2. The summed E-state index contributed by atoms with van der Waals surface area (Å²) in [4.78, 5) is 27.0. The number of furan rings is 1. The summed E-state index contributed by atoms with van der Waals surface area (Å²) in [6.07, 6.45) is 2.83. The van der Waals surface area contributed by atoms with Gasteiger partial charge in [0, 0.05) is 29.7 Å². The molecule has 1 heterocycles. The predicted octanol–water partition coefficient (Wildman–Crippen LogP) is 3.83. The van der Waals surface area contributed by atoms with E-state index in [1.807, 2.05) is 36.4 Å². The molecule has 0 radical (unpaired) electrons. The second kappa shape index (κ2) is 8.71. The molecule has 1 saturated carbocycles. The van der Waals surface area contributed by atoms with Crippen LogP contribution in [0.4, 0.5) is 5.69 Å². The summed E-state index contributed by atoms with van der Waals surface area (Å²) in [7, 11) is 2.12. The Kier molecular flexibility index (Phi) is 5.86. The van der Waals surface area contributed by atoms with E-state index in [0.717, 1.165) is 10.9 Å². The van der Waals surface area contributed by atoms with E-state index in [9.17, 15) is 9.59 Å². The molecule has 0 aliphatic heterocycles. The molecule has 1 aromatic heterocycles. The number of para-hydroxylation sites is 1. The van der Waals surface area contributed by atoms with E-state index in [1.54, 1.807) is 18.2 Å². The van der Waals surface area contributed by atoms with Gasteiger partial charge < -0.3 is 15.1 Å². The molecule has 1 aliphatic rings. The standard InChI is InChI=1S/C24H27N3O3/c1-16(27(2)20-11-12-20)15-25-23(28)13-17-7-9-19(10-8-17)26-24(29)22-14-18-5-3-4-6-21(18)30-22/h3-10,14,16,20H,11-13,15H2,1-2H3,(H,25,28)(H,26,29). The zero-order chi connectivity index (χ0) is 21.1. The molecule has 1 unspecified atom stereocenters. The van der Waals surface area contributed by atoms with Crippen molar-refractivity contribution in [1.82, 2.24) is 10.2 Å². The number of nitrogens with zero attached hydrogens (tertiary/aromatic N) is 1. The van der Waals surface area contributed by atoms with Crippen molar-refractivity contribution in [2.24, 2.45) is 0 Å². The van der Waals surface area contributed by atoms with E-state index in [1.165, 1.54) is 12.8 Å². The molecule has 1 aliphatic carbocycles. The van der Waals surface area contributed by atoms with Gasteiger partial charge in [-0.15, -0.1) is 0 Å². The van der Waals surface area contributed by atoms with E-state index in [-0.39, 0.29) is 17.6 Å². The second-order valence-electron chi connectivity index (χ2n) is 8.03. The average molecular weight is 405 g/mol. The zero-order valence-corrected chi connectivity index (χ0v) is 17.4. The maximum absolute atomic E-state index is 12.4. The number of carbonyl (C=O) groups is 2. The summed E-state index contributed by atoms with van der Waals surface area (Å²) in [5, 5.41) is 6.73. The minimum atomic E-state index is -0.300. The monoisotopic (exact) mass is 405 g/mol. The maximum Gasteiger partial charge on any atom is 0.291 e. The first-order valence-electron chi connectivity index (χ1n) is 10.4. The van der Waals surface area contributed by atoms with Crippen molar-refractivity contribution < 1.29 is 14.0 Å². The van der Waals surface area contributed by atoms with Crippen LogP contribution in [-0.2, 0) is 11.2 Å². The topological polar surface area (TPSA) is 74.6 Å². The van der Waals surface area contributed by atoms with Crippen LogP contribution < -0.4 is 10.6 Å². The molecule has 2 amide bonds. The predicted molar refractivity (Wildman–Crippen MR) is 118 cm³/mol. The molecular weight excluding hydrogens is 378 g/mol. The number of carbonyl (C=O) groups excluding carboxylic acids is 2. The van der Waals surface area contributed by atoms with Gasteiger partial charge in [0.1, 0.15) is 5.58 Å². The molecule has 156 valence electrons. The van der Waals surface area contributed by atoms with Crippen molar-refractivity contribution in [3.63, 3.8) is 0 Å². The Bertz CT molecular complexity index is 1000. The SMILES string of the molecule is CC(CNC(=O)Cc1ccc(NC(=O)c2cc3ccccc3o2)cc1)N(C)C1CC1. The van der Waals surface area contributed by atoms with E-state index < -0.39 is 0 Å². The van der Waals surface area contributed by atoms with Crippen molar-refractivity contribution in [1.29, 1.82) is 0 Å². The fourth-order valence-corrected chi connectivity index (χ4v) is 3.49. The number of fused-ring (bicyclic) bond motifs is 1. The summed E-state index contributed by atoms with van der Waals surface area (Å²) in [6.45, 7) is 2.79. The van der Waals surface area contributed by atoms with Gasteiger partial charge in [-0.3, -0.25) is 14.5 Å². The number of nitrogens with one attached hydrogen (secondary N) is 2. The molecule has 0 bridgehead atoms. The summed E-state index contributed by atoms with van der Waals surface area (Å²) >= 11 is 0. The lowest BCUT2D eigenvalue weighted by Crippen LogP contribution is -2.41. The van der Waals surface area contributed by atoms with E-state index in [4.69, 9.17) is 4.42 Å². The average Bonchev–Trinajstić information content (AvgIpc) is 3.50. The second-order valence-corrected chi connectivity index (χ2v) is 8.03. The fraction of sp³-hybridized carbons (Fsp3) is 0.333. The van der Waals surface area contributed by atoms with Crippen molar-refractivity contribution >= 4 is 28.5 Å². The number of rotatable bonds is 8. The Balaban J connectivity index is 1.28. The van der Waals surface area contributed by atoms with Gasteiger partial charge in [-0.1, -0.05) is 30.3 Å². The molecule has 6 heteroatoms. The third kappa shape index (κ3) is 4.89. The van der Waals surface area contributed by atoms with Gasteiger partial charge in [0.2, 0.25) is 5.91 Å². The van der Waals surface area contributed by atoms with Crippen LogP contribution in [0.2, 0.25) is 0 Å². The maximum atomic E-state index is 12.4. The first kappa shape index (κ1) is 20.2. The molecule has 2 N–H and O–H groups in total. The van der Waals surface area contributed by atoms with Crippen LogP contribution in [0.15, 0.2) is 59.0 Å². The highest BCUT2D eigenvalue weighted by atomic mass is 16.3. The highest BCUT2D eigenvalue weighted by Gasteiger charge is 2.29. The van der Waals surface area contributed by atoms with Gasteiger partial charge in [0.05, 0.1) is 6.42 Å². The Labute approximate surface area is 176 Å². The quantitative estimate of drug-likeness (QED) is 0.597. The van der Waals surface area contributed by atoms with Crippen LogP contribution in [0.25, 0.3) is 11.0 Å². The van der Waals surface area contributed by atoms with Gasteiger partial charge in [0.25, 0.3) is 5.91 Å². The van der Waals surface area contributed by atoms with Gasteiger partial charge >= 0.3 is 0 Å². The van der Waals surface area contributed by atoms with E-state index in [2.05, 4.69) is 29.5 Å². The number of benzene rings is 2. The number of amides is 2. The molecule has 4 rings (SSSR count). The summed E-state index contributed by atoms with van der Waals surface area (Å²) in [5.41, 5.74) is 2.24. The highest BCUT2D eigenvalue weighted by molar-refractivity contribution is 6.04. The lowest BCUT2D eigenvalue weighted by atomic mass is 10.1. The van der Waals surface area contributed by atoms with Gasteiger partial charge in [-0.25, -0.2) is 0 Å². The van der Waals surface area contributed by atoms with Crippen LogP contribution in [-0.4, -0.2) is 42.4 Å². The van der Waals surface area contributed by atoms with Crippen LogP contribution in [0.3, 0.4) is 0 Å². The lowest BCUT2D eigenvalue weighted by Gasteiger charge is -2.24. The number of hydrogen-bond acceptors (Lipinski definition) is 4. The van der Waals surface area contributed by atoms with Crippen LogP contribution >= 0.6 is 0 Å².